The average molecular weight is 267 g/mol. The minimum absolute atomic E-state index is 0.101. The Kier molecular flexibility index (Phi) is 5.89. The molecule has 2 rings (SSSR count). The Morgan fingerprint density at radius 1 is 1.28 bits per heavy atom. The highest BCUT2D eigenvalue weighted by Gasteiger charge is 2.04. The van der Waals surface area contributed by atoms with Gasteiger partial charge in [0, 0.05) is 28.3 Å². The van der Waals surface area contributed by atoms with E-state index in [1.807, 2.05) is 45.0 Å². The monoisotopic (exact) mass is 266 g/mol. The molecule has 0 unspecified atom stereocenters. The standard InChI is InChI=1S/C12H13ClN2O.C2H6/c1-8-6-12(14-4-5-16)10-7-9(13)2-3-11(10)15-8;1-2/h2-3,6-7,16H,4-5H2,1H3,(H,14,15);1-2H3. The summed E-state index contributed by atoms with van der Waals surface area (Å²) in [5, 5.41) is 13.6. The second-order valence-corrected chi connectivity index (χ2v) is 4.06. The number of rotatable bonds is 3. The molecular formula is C14H19ClN2O. The van der Waals surface area contributed by atoms with Crippen molar-refractivity contribution in [3.63, 3.8) is 0 Å². The van der Waals surface area contributed by atoms with E-state index in [-0.39, 0.29) is 6.61 Å². The molecule has 2 N–H and O–H groups in total. The van der Waals surface area contributed by atoms with Gasteiger partial charge in [-0.2, -0.15) is 0 Å². The van der Waals surface area contributed by atoms with Gasteiger partial charge in [-0.05, 0) is 31.2 Å². The van der Waals surface area contributed by atoms with Crippen LogP contribution in [0, 0.1) is 6.92 Å². The zero-order valence-electron chi connectivity index (χ0n) is 11.0. The molecule has 0 aliphatic rings. The first-order valence-corrected chi connectivity index (χ1v) is 6.50. The van der Waals surface area contributed by atoms with E-state index in [4.69, 9.17) is 16.7 Å². The highest BCUT2D eigenvalue weighted by Crippen LogP contribution is 2.25. The maximum atomic E-state index is 8.82. The van der Waals surface area contributed by atoms with Crippen LogP contribution in [0.4, 0.5) is 5.69 Å². The SMILES string of the molecule is CC.Cc1cc(NCCO)c2cc(Cl)ccc2n1. The van der Waals surface area contributed by atoms with Crippen LogP contribution in [0.1, 0.15) is 19.5 Å². The Morgan fingerprint density at radius 2 is 2.00 bits per heavy atom. The van der Waals surface area contributed by atoms with Crippen molar-refractivity contribution in [3.05, 3.63) is 35.0 Å². The Balaban J connectivity index is 0.000000771. The lowest BCUT2D eigenvalue weighted by atomic mass is 10.1. The molecule has 0 saturated heterocycles. The van der Waals surface area contributed by atoms with E-state index in [1.54, 1.807) is 0 Å². The van der Waals surface area contributed by atoms with Crippen LogP contribution in [-0.2, 0) is 0 Å². The highest BCUT2D eigenvalue weighted by atomic mass is 35.5. The first kappa shape index (κ1) is 14.7. The van der Waals surface area contributed by atoms with Gasteiger partial charge in [-0.1, -0.05) is 25.4 Å². The summed E-state index contributed by atoms with van der Waals surface area (Å²) in [5.74, 6) is 0. The molecule has 0 saturated carbocycles. The van der Waals surface area contributed by atoms with Crippen LogP contribution < -0.4 is 5.32 Å². The summed E-state index contributed by atoms with van der Waals surface area (Å²) in [7, 11) is 0. The summed E-state index contributed by atoms with van der Waals surface area (Å²) >= 11 is 5.96. The number of nitrogens with zero attached hydrogens (tertiary/aromatic N) is 1. The van der Waals surface area contributed by atoms with Gasteiger partial charge in [0.05, 0.1) is 12.1 Å². The first-order chi connectivity index (χ1) is 8.70. The minimum Gasteiger partial charge on any atom is -0.395 e. The Hall–Kier alpha value is -1.32. The van der Waals surface area contributed by atoms with Crippen LogP contribution in [-0.4, -0.2) is 23.2 Å². The number of aryl methyl sites for hydroxylation is 1. The van der Waals surface area contributed by atoms with Gasteiger partial charge in [-0.25, -0.2) is 0 Å². The normalized spacial score (nSPS) is 9.83. The molecule has 0 spiro atoms. The second kappa shape index (κ2) is 7.19. The second-order valence-electron chi connectivity index (χ2n) is 3.62. The number of hydrogen-bond donors (Lipinski definition) is 2. The van der Waals surface area contributed by atoms with E-state index in [2.05, 4.69) is 10.3 Å². The van der Waals surface area contributed by atoms with Gasteiger partial charge in [-0.3, -0.25) is 4.98 Å². The number of hydrogen-bond acceptors (Lipinski definition) is 3. The van der Waals surface area contributed by atoms with E-state index in [1.165, 1.54) is 0 Å². The van der Waals surface area contributed by atoms with E-state index < -0.39 is 0 Å². The number of pyridine rings is 1. The van der Waals surface area contributed by atoms with Gasteiger partial charge in [0.1, 0.15) is 0 Å². The summed E-state index contributed by atoms with van der Waals surface area (Å²) in [6.07, 6.45) is 0. The van der Waals surface area contributed by atoms with Crippen LogP contribution in [0.15, 0.2) is 24.3 Å². The van der Waals surface area contributed by atoms with Crippen LogP contribution in [0.5, 0.6) is 0 Å². The summed E-state index contributed by atoms with van der Waals surface area (Å²) in [6, 6.07) is 7.55. The molecular weight excluding hydrogens is 248 g/mol. The Labute approximate surface area is 113 Å². The number of fused-ring (bicyclic) bond motifs is 1. The molecule has 2 aromatic rings. The van der Waals surface area contributed by atoms with Gasteiger partial charge >= 0.3 is 0 Å². The van der Waals surface area contributed by atoms with Gasteiger partial charge in [0.15, 0.2) is 0 Å². The minimum atomic E-state index is 0.101. The van der Waals surface area contributed by atoms with E-state index in [0.717, 1.165) is 22.3 Å². The van der Waals surface area contributed by atoms with E-state index in [0.29, 0.717) is 11.6 Å². The lowest BCUT2D eigenvalue weighted by Crippen LogP contribution is -2.06. The van der Waals surface area contributed by atoms with Gasteiger partial charge in [0.25, 0.3) is 0 Å². The molecule has 4 heteroatoms. The number of aromatic nitrogens is 1. The molecule has 0 radical (unpaired) electrons. The zero-order valence-corrected chi connectivity index (χ0v) is 11.8. The molecule has 98 valence electrons. The fraction of sp³-hybridized carbons (Fsp3) is 0.357. The molecule has 18 heavy (non-hydrogen) atoms. The van der Waals surface area contributed by atoms with Gasteiger partial charge in [-0.15, -0.1) is 0 Å². The third-order valence-corrected chi connectivity index (χ3v) is 2.56. The third-order valence-electron chi connectivity index (χ3n) is 2.33. The molecule has 0 amide bonds. The largest absolute Gasteiger partial charge is 0.395 e. The molecule has 1 aromatic heterocycles. The first-order valence-electron chi connectivity index (χ1n) is 6.12. The van der Waals surface area contributed by atoms with Crippen LogP contribution in [0.3, 0.4) is 0 Å². The molecule has 3 nitrogen and oxygen atoms in total. The van der Waals surface area contributed by atoms with E-state index >= 15 is 0 Å². The maximum absolute atomic E-state index is 8.82. The van der Waals surface area contributed by atoms with Crippen molar-refractivity contribution in [2.24, 2.45) is 0 Å². The van der Waals surface area contributed by atoms with Crippen molar-refractivity contribution in [2.45, 2.75) is 20.8 Å². The molecule has 0 atom stereocenters. The maximum Gasteiger partial charge on any atom is 0.0726 e. The fourth-order valence-corrected chi connectivity index (χ4v) is 1.84. The van der Waals surface area contributed by atoms with Crippen molar-refractivity contribution >= 4 is 28.2 Å². The predicted octanol–water partition coefficient (Wildman–Crippen LogP) is 3.63. The Bertz CT molecular complexity index is 514. The Morgan fingerprint density at radius 3 is 2.67 bits per heavy atom. The fourth-order valence-electron chi connectivity index (χ4n) is 1.67. The summed E-state index contributed by atoms with van der Waals surface area (Å²) in [6.45, 7) is 6.56. The molecule has 0 aliphatic heterocycles. The van der Waals surface area contributed by atoms with Gasteiger partial charge in [0.2, 0.25) is 0 Å². The van der Waals surface area contributed by atoms with Crippen molar-refractivity contribution in [1.29, 1.82) is 0 Å². The number of halogens is 1. The van der Waals surface area contributed by atoms with Crippen molar-refractivity contribution in [2.75, 3.05) is 18.5 Å². The summed E-state index contributed by atoms with van der Waals surface area (Å²) in [5.41, 5.74) is 2.80. The topological polar surface area (TPSA) is 45.1 Å². The lowest BCUT2D eigenvalue weighted by Gasteiger charge is -2.09. The average Bonchev–Trinajstić information content (AvgIpc) is 2.39. The molecule has 0 fully saturated rings. The molecule has 1 heterocycles. The summed E-state index contributed by atoms with van der Waals surface area (Å²) in [4.78, 5) is 4.42. The number of anilines is 1. The zero-order chi connectivity index (χ0) is 13.5. The van der Waals surface area contributed by atoms with Crippen LogP contribution in [0.25, 0.3) is 10.9 Å². The smallest absolute Gasteiger partial charge is 0.0726 e. The van der Waals surface area contributed by atoms with Crippen molar-refractivity contribution in [3.8, 4) is 0 Å². The predicted molar refractivity (Wildman–Crippen MR) is 78.4 cm³/mol. The van der Waals surface area contributed by atoms with E-state index in [9.17, 15) is 0 Å². The van der Waals surface area contributed by atoms with Crippen LogP contribution in [0.2, 0.25) is 5.02 Å². The number of aliphatic hydroxyl groups is 1. The number of benzene rings is 1. The number of nitrogens with one attached hydrogen (secondary N) is 1. The molecule has 0 aliphatic carbocycles. The van der Waals surface area contributed by atoms with Crippen molar-refractivity contribution < 1.29 is 5.11 Å². The van der Waals surface area contributed by atoms with Gasteiger partial charge < -0.3 is 10.4 Å². The van der Waals surface area contributed by atoms with Crippen LogP contribution >= 0.6 is 11.6 Å². The van der Waals surface area contributed by atoms with Crippen molar-refractivity contribution in [1.82, 2.24) is 4.98 Å². The quantitative estimate of drug-likeness (QED) is 0.892. The molecule has 0 bridgehead atoms. The third kappa shape index (κ3) is 3.59. The summed E-state index contributed by atoms with van der Waals surface area (Å²) < 4.78 is 0. The molecule has 1 aromatic carbocycles. The number of aliphatic hydroxyl groups excluding tert-OH is 1. The highest BCUT2D eigenvalue weighted by molar-refractivity contribution is 6.31. The lowest BCUT2D eigenvalue weighted by molar-refractivity contribution is 0.311.